The molecule has 1 saturated heterocycles. The molecule has 3 nitrogen and oxygen atoms in total. The Morgan fingerprint density at radius 2 is 2.33 bits per heavy atom. The van der Waals surface area contributed by atoms with Gasteiger partial charge in [-0.15, -0.1) is 0 Å². The molecule has 2 heterocycles. The van der Waals surface area contributed by atoms with Gasteiger partial charge < -0.3 is 10.2 Å². The quantitative estimate of drug-likeness (QED) is 0.926. The highest BCUT2D eigenvalue weighted by atomic mass is 79.9. The number of rotatable bonds is 4. The third-order valence-electron chi connectivity index (χ3n) is 3.64. The van der Waals surface area contributed by atoms with E-state index in [2.05, 4.69) is 44.1 Å². The second-order valence-corrected chi connectivity index (χ2v) is 5.94. The average molecular weight is 312 g/mol. The van der Waals surface area contributed by atoms with E-state index in [1.54, 1.807) is 0 Å². The molecule has 1 aromatic heterocycles. The lowest BCUT2D eigenvalue weighted by atomic mass is 9.98. The summed E-state index contributed by atoms with van der Waals surface area (Å²) >= 11 is 3.49. The van der Waals surface area contributed by atoms with Gasteiger partial charge in [-0.2, -0.15) is 0 Å². The highest BCUT2D eigenvalue weighted by molar-refractivity contribution is 9.10. The number of aryl methyl sites for hydroxylation is 1. The second-order valence-electron chi connectivity index (χ2n) is 5.03. The first kappa shape index (κ1) is 13.8. The van der Waals surface area contributed by atoms with Crippen molar-refractivity contribution in [3.8, 4) is 0 Å². The standard InChI is InChI=1S/C14H22BrN3/c1-11-9-12(15)10-17-14(11)18-8-4-3-5-13(18)6-7-16-2/h9-10,13,16H,3-8H2,1-2H3. The van der Waals surface area contributed by atoms with Crippen molar-refractivity contribution in [3.63, 3.8) is 0 Å². The number of nitrogens with zero attached hydrogens (tertiary/aromatic N) is 2. The van der Waals surface area contributed by atoms with Crippen LogP contribution in [0.4, 0.5) is 5.82 Å². The summed E-state index contributed by atoms with van der Waals surface area (Å²) in [5.74, 6) is 1.17. The summed E-state index contributed by atoms with van der Waals surface area (Å²) in [6.45, 7) is 4.37. The molecule has 0 amide bonds. The van der Waals surface area contributed by atoms with Gasteiger partial charge in [0.05, 0.1) is 0 Å². The van der Waals surface area contributed by atoms with E-state index in [0.29, 0.717) is 6.04 Å². The van der Waals surface area contributed by atoms with E-state index in [0.717, 1.165) is 17.6 Å². The molecule has 2 rings (SSSR count). The maximum Gasteiger partial charge on any atom is 0.131 e. The second kappa shape index (κ2) is 6.53. The third-order valence-corrected chi connectivity index (χ3v) is 4.08. The molecule has 0 bridgehead atoms. The fourth-order valence-electron chi connectivity index (χ4n) is 2.72. The molecule has 1 fully saturated rings. The van der Waals surface area contributed by atoms with Crippen molar-refractivity contribution < 1.29 is 0 Å². The van der Waals surface area contributed by atoms with Crippen LogP contribution in [0.2, 0.25) is 0 Å². The topological polar surface area (TPSA) is 28.2 Å². The Bertz CT molecular complexity index is 395. The number of piperidine rings is 1. The van der Waals surface area contributed by atoms with Gasteiger partial charge in [0.2, 0.25) is 0 Å². The highest BCUT2D eigenvalue weighted by Crippen LogP contribution is 2.28. The van der Waals surface area contributed by atoms with Gasteiger partial charge in [0, 0.05) is 23.3 Å². The molecule has 0 radical (unpaired) electrons. The monoisotopic (exact) mass is 311 g/mol. The van der Waals surface area contributed by atoms with Crippen LogP contribution in [0.3, 0.4) is 0 Å². The molecular weight excluding hydrogens is 290 g/mol. The number of pyridine rings is 1. The van der Waals surface area contributed by atoms with Crippen LogP contribution in [0.15, 0.2) is 16.7 Å². The summed E-state index contributed by atoms with van der Waals surface area (Å²) < 4.78 is 1.06. The van der Waals surface area contributed by atoms with E-state index in [-0.39, 0.29) is 0 Å². The van der Waals surface area contributed by atoms with Crippen LogP contribution in [0.1, 0.15) is 31.2 Å². The molecule has 100 valence electrons. The van der Waals surface area contributed by atoms with Gasteiger partial charge in [-0.25, -0.2) is 4.98 Å². The maximum absolute atomic E-state index is 4.62. The predicted molar refractivity (Wildman–Crippen MR) is 80.2 cm³/mol. The molecule has 1 aliphatic heterocycles. The molecule has 0 spiro atoms. The first-order valence-electron chi connectivity index (χ1n) is 6.75. The molecule has 18 heavy (non-hydrogen) atoms. The molecule has 0 aliphatic carbocycles. The van der Waals surface area contributed by atoms with Crippen LogP contribution in [-0.2, 0) is 0 Å². The molecule has 1 N–H and O–H groups in total. The van der Waals surface area contributed by atoms with E-state index in [4.69, 9.17) is 0 Å². The van der Waals surface area contributed by atoms with Crippen molar-refractivity contribution >= 4 is 21.7 Å². The Labute approximate surface area is 118 Å². The third kappa shape index (κ3) is 3.23. The summed E-state index contributed by atoms with van der Waals surface area (Å²) in [5.41, 5.74) is 1.26. The summed E-state index contributed by atoms with van der Waals surface area (Å²) in [6, 6.07) is 2.80. The molecular formula is C14H22BrN3. The fourth-order valence-corrected chi connectivity index (χ4v) is 3.17. The number of hydrogen-bond donors (Lipinski definition) is 1. The van der Waals surface area contributed by atoms with Crippen LogP contribution in [0.25, 0.3) is 0 Å². The normalized spacial score (nSPS) is 20.2. The highest BCUT2D eigenvalue weighted by Gasteiger charge is 2.24. The Hall–Kier alpha value is -0.610. The number of aromatic nitrogens is 1. The van der Waals surface area contributed by atoms with Crippen LogP contribution in [-0.4, -0.2) is 31.2 Å². The molecule has 1 aliphatic rings. The van der Waals surface area contributed by atoms with Gasteiger partial charge >= 0.3 is 0 Å². The molecule has 4 heteroatoms. The zero-order chi connectivity index (χ0) is 13.0. The Morgan fingerprint density at radius 1 is 1.50 bits per heavy atom. The molecule has 0 saturated carbocycles. The Balaban J connectivity index is 2.16. The number of nitrogens with one attached hydrogen (secondary N) is 1. The minimum atomic E-state index is 0.638. The Morgan fingerprint density at radius 3 is 3.06 bits per heavy atom. The van der Waals surface area contributed by atoms with Crippen molar-refractivity contribution in [2.24, 2.45) is 0 Å². The SMILES string of the molecule is CNCCC1CCCCN1c1ncc(Br)cc1C. The number of anilines is 1. The lowest BCUT2D eigenvalue weighted by Gasteiger charge is -2.37. The maximum atomic E-state index is 4.62. The van der Waals surface area contributed by atoms with Gasteiger partial charge in [0.1, 0.15) is 5.82 Å². The van der Waals surface area contributed by atoms with Crippen molar-refractivity contribution in [2.75, 3.05) is 25.0 Å². The van der Waals surface area contributed by atoms with E-state index < -0.39 is 0 Å². The summed E-state index contributed by atoms with van der Waals surface area (Å²) in [7, 11) is 2.02. The van der Waals surface area contributed by atoms with Crippen molar-refractivity contribution in [3.05, 3.63) is 22.3 Å². The van der Waals surface area contributed by atoms with Crippen LogP contribution >= 0.6 is 15.9 Å². The Kier molecular flexibility index (Phi) is 5.01. The van der Waals surface area contributed by atoms with E-state index >= 15 is 0 Å². The first-order chi connectivity index (χ1) is 8.72. The lowest BCUT2D eigenvalue weighted by molar-refractivity contribution is 0.430. The van der Waals surface area contributed by atoms with Gasteiger partial charge in [0.15, 0.2) is 0 Å². The van der Waals surface area contributed by atoms with E-state index in [1.165, 1.54) is 37.1 Å². The predicted octanol–water partition coefficient (Wildman–Crippen LogP) is 3.12. The molecule has 1 unspecified atom stereocenters. The van der Waals surface area contributed by atoms with Crippen molar-refractivity contribution in [1.82, 2.24) is 10.3 Å². The molecule has 0 aromatic carbocycles. The zero-order valence-electron chi connectivity index (χ0n) is 11.2. The molecule has 1 aromatic rings. The number of hydrogen-bond acceptors (Lipinski definition) is 3. The fraction of sp³-hybridized carbons (Fsp3) is 0.643. The minimum absolute atomic E-state index is 0.638. The number of halogens is 1. The molecule has 1 atom stereocenters. The van der Waals surface area contributed by atoms with Crippen molar-refractivity contribution in [2.45, 2.75) is 38.6 Å². The average Bonchev–Trinajstić information content (AvgIpc) is 2.37. The van der Waals surface area contributed by atoms with Crippen LogP contribution in [0.5, 0.6) is 0 Å². The lowest BCUT2D eigenvalue weighted by Crippen LogP contribution is -2.41. The summed E-state index contributed by atoms with van der Waals surface area (Å²) in [5, 5.41) is 3.26. The summed E-state index contributed by atoms with van der Waals surface area (Å²) in [4.78, 5) is 7.12. The minimum Gasteiger partial charge on any atom is -0.353 e. The smallest absolute Gasteiger partial charge is 0.131 e. The summed E-state index contributed by atoms with van der Waals surface area (Å²) in [6.07, 6.45) is 7.03. The van der Waals surface area contributed by atoms with Gasteiger partial charge in [0.25, 0.3) is 0 Å². The first-order valence-corrected chi connectivity index (χ1v) is 7.55. The zero-order valence-corrected chi connectivity index (χ0v) is 12.8. The van der Waals surface area contributed by atoms with Crippen molar-refractivity contribution in [1.29, 1.82) is 0 Å². The largest absolute Gasteiger partial charge is 0.353 e. The van der Waals surface area contributed by atoms with E-state index in [1.807, 2.05) is 13.2 Å². The van der Waals surface area contributed by atoms with Gasteiger partial charge in [-0.3, -0.25) is 0 Å². The van der Waals surface area contributed by atoms with E-state index in [9.17, 15) is 0 Å². The van der Waals surface area contributed by atoms with Gasteiger partial charge in [-0.05, 0) is 73.8 Å². The van der Waals surface area contributed by atoms with Crippen LogP contribution < -0.4 is 10.2 Å². The van der Waals surface area contributed by atoms with Crippen LogP contribution in [0, 0.1) is 6.92 Å². The van der Waals surface area contributed by atoms with Gasteiger partial charge in [-0.1, -0.05) is 0 Å².